The highest BCUT2D eigenvalue weighted by Gasteiger charge is 2.33. The maximum absolute atomic E-state index is 4.67. The fraction of sp³-hybridized carbons (Fsp3) is 0.769. The van der Waals surface area contributed by atoms with Crippen LogP contribution in [0.2, 0.25) is 0 Å². The van der Waals surface area contributed by atoms with Crippen molar-refractivity contribution in [2.24, 2.45) is 11.8 Å². The van der Waals surface area contributed by atoms with Gasteiger partial charge in [-0.15, -0.1) is 11.3 Å². The summed E-state index contributed by atoms with van der Waals surface area (Å²) in [7, 11) is 2.16. The molecule has 1 aliphatic rings. The molecule has 2 unspecified atom stereocenters. The van der Waals surface area contributed by atoms with Gasteiger partial charge in [0.1, 0.15) is 0 Å². The Hall–Kier alpha value is -0.610. The van der Waals surface area contributed by atoms with Crippen LogP contribution in [0.5, 0.6) is 0 Å². The molecule has 0 saturated heterocycles. The van der Waals surface area contributed by atoms with Crippen LogP contribution in [0.15, 0.2) is 5.38 Å². The summed E-state index contributed by atoms with van der Waals surface area (Å²) in [4.78, 5) is 6.98. The summed E-state index contributed by atoms with van der Waals surface area (Å²) in [6.07, 6.45) is 2.57. The molecule has 1 aromatic rings. The van der Waals surface area contributed by atoms with E-state index in [2.05, 4.69) is 41.5 Å². The molecule has 17 heavy (non-hydrogen) atoms. The first-order valence-electron chi connectivity index (χ1n) is 6.57. The Labute approximate surface area is 108 Å². The molecular formula is C13H23N3S. The molecular weight excluding hydrogens is 230 g/mol. The zero-order valence-corrected chi connectivity index (χ0v) is 11.9. The zero-order valence-electron chi connectivity index (χ0n) is 11.1. The SMILES string of the molecule is CCCNCc1csc(N(C)CC2CC2C)n1. The molecule has 1 aromatic heterocycles. The number of rotatable bonds is 7. The third-order valence-corrected chi connectivity index (χ3v) is 4.39. The lowest BCUT2D eigenvalue weighted by atomic mass is 10.3. The minimum Gasteiger partial charge on any atom is -0.351 e. The lowest BCUT2D eigenvalue weighted by Crippen LogP contribution is -2.20. The lowest BCUT2D eigenvalue weighted by molar-refractivity contribution is 0.665. The van der Waals surface area contributed by atoms with E-state index in [0.717, 1.165) is 36.6 Å². The van der Waals surface area contributed by atoms with Crippen LogP contribution in [-0.2, 0) is 6.54 Å². The predicted molar refractivity (Wildman–Crippen MR) is 74.7 cm³/mol. The Kier molecular flexibility index (Phi) is 4.40. The van der Waals surface area contributed by atoms with Crippen molar-refractivity contribution in [3.8, 4) is 0 Å². The predicted octanol–water partition coefficient (Wildman–Crippen LogP) is 2.73. The topological polar surface area (TPSA) is 28.2 Å². The molecule has 1 saturated carbocycles. The van der Waals surface area contributed by atoms with Gasteiger partial charge >= 0.3 is 0 Å². The minimum atomic E-state index is 0.894. The molecule has 1 fully saturated rings. The fourth-order valence-corrected chi connectivity index (χ4v) is 2.83. The van der Waals surface area contributed by atoms with Crippen molar-refractivity contribution < 1.29 is 0 Å². The summed E-state index contributed by atoms with van der Waals surface area (Å²) >= 11 is 1.76. The Morgan fingerprint density at radius 1 is 1.59 bits per heavy atom. The summed E-state index contributed by atoms with van der Waals surface area (Å²) in [5, 5.41) is 6.73. The van der Waals surface area contributed by atoms with Crippen molar-refractivity contribution in [2.45, 2.75) is 33.2 Å². The number of thiazole rings is 1. The molecule has 0 aliphatic heterocycles. The normalized spacial score (nSPS) is 22.8. The van der Waals surface area contributed by atoms with Gasteiger partial charge in [0.15, 0.2) is 5.13 Å². The number of hydrogen-bond acceptors (Lipinski definition) is 4. The van der Waals surface area contributed by atoms with Crippen molar-refractivity contribution in [1.82, 2.24) is 10.3 Å². The average Bonchev–Trinajstić information content (AvgIpc) is 2.82. The maximum atomic E-state index is 4.67. The second kappa shape index (κ2) is 5.83. The molecule has 2 rings (SSSR count). The molecule has 0 radical (unpaired) electrons. The molecule has 3 nitrogen and oxygen atoms in total. The van der Waals surface area contributed by atoms with E-state index in [1.165, 1.54) is 18.5 Å². The minimum absolute atomic E-state index is 0.894. The van der Waals surface area contributed by atoms with E-state index in [1.807, 2.05) is 0 Å². The van der Waals surface area contributed by atoms with Crippen LogP contribution in [0.1, 0.15) is 32.4 Å². The number of anilines is 1. The molecule has 1 heterocycles. The average molecular weight is 253 g/mol. The first-order valence-corrected chi connectivity index (χ1v) is 7.45. The van der Waals surface area contributed by atoms with Crippen molar-refractivity contribution >= 4 is 16.5 Å². The van der Waals surface area contributed by atoms with Gasteiger partial charge in [-0.1, -0.05) is 13.8 Å². The lowest BCUT2D eigenvalue weighted by Gasteiger charge is -2.15. The Morgan fingerprint density at radius 2 is 2.35 bits per heavy atom. The Balaban J connectivity index is 1.80. The number of nitrogens with one attached hydrogen (secondary N) is 1. The zero-order chi connectivity index (χ0) is 12.3. The summed E-state index contributed by atoms with van der Waals surface area (Å²) in [5.74, 6) is 1.81. The van der Waals surface area contributed by atoms with Crippen molar-refractivity contribution in [1.29, 1.82) is 0 Å². The third kappa shape index (κ3) is 3.68. The summed E-state index contributed by atoms with van der Waals surface area (Å²) in [6.45, 7) is 7.65. The number of aromatic nitrogens is 1. The molecule has 0 spiro atoms. The largest absolute Gasteiger partial charge is 0.351 e. The second-order valence-corrected chi connectivity index (χ2v) is 5.99. The third-order valence-electron chi connectivity index (χ3n) is 3.38. The van der Waals surface area contributed by atoms with Crippen LogP contribution in [-0.4, -0.2) is 25.1 Å². The van der Waals surface area contributed by atoms with Crippen LogP contribution >= 0.6 is 11.3 Å². The van der Waals surface area contributed by atoms with Gasteiger partial charge in [0.2, 0.25) is 0 Å². The van der Waals surface area contributed by atoms with Gasteiger partial charge in [0.05, 0.1) is 5.69 Å². The van der Waals surface area contributed by atoms with Crippen LogP contribution in [0.3, 0.4) is 0 Å². The van der Waals surface area contributed by atoms with Gasteiger partial charge in [-0.2, -0.15) is 0 Å². The van der Waals surface area contributed by atoms with Crippen LogP contribution < -0.4 is 10.2 Å². The highest BCUT2D eigenvalue weighted by molar-refractivity contribution is 7.13. The van der Waals surface area contributed by atoms with Gasteiger partial charge in [-0.05, 0) is 31.2 Å². The van der Waals surface area contributed by atoms with E-state index in [4.69, 9.17) is 0 Å². The standard InChI is InChI=1S/C13H23N3S/c1-4-5-14-7-12-9-17-13(15-12)16(3)8-11-6-10(11)2/h9-11,14H,4-8H2,1-3H3. The van der Waals surface area contributed by atoms with Crippen LogP contribution in [0.4, 0.5) is 5.13 Å². The van der Waals surface area contributed by atoms with E-state index >= 15 is 0 Å². The molecule has 1 aliphatic carbocycles. The molecule has 96 valence electrons. The van der Waals surface area contributed by atoms with E-state index in [9.17, 15) is 0 Å². The summed E-state index contributed by atoms with van der Waals surface area (Å²) < 4.78 is 0. The molecule has 4 heteroatoms. The van der Waals surface area contributed by atoms with E-state index < -0.39 is 0 Å². The van der Waals surface area contributed by atoms with E-state index in [-0.39, 0.29) is 0 Å². The summed E-state index contributed by atoms with van der Waals surface area (Å²) in [5.41, 5.74) is 1.18. The first kappa shape index (κ1) is 12.8. The Bertz CT molecular complexity index is 350. The second-order valence-electron chi connectivity index (χ2n) is 5.15. The van der Waals surface area contributed by atoms with Gasteiger partial charge in [0.25, 0.3) is 0 Å². The first-order chi connectivity index (χ1) is 8.20. The maximum Gasteiger partial charge on any atom is 0.185 e. The summed E-state index contributed by atoms with van der Waals surface area (Å²) in [6, 6.07) is 0. The molecule has 0 aromatic carbocycles. The van der Waals surface area contributed by atoms with E-state index in [0.29, 0.717) is 0 Å². The highest BCUT2D eigenvalue weighted by Crippen LogP contribution is 2.38. The number of hydrogen-bond donors (Lipinski definition) is 1. The van der Waals surface area contributed by atoms with Gasteiger partial charge in [-0.25, -0.2) is 4.98 Å². The van der Waals surface area contributed by atoms with Gasteiger partial charge < -0.3 is 10.2 Å². The smallest absolute Gasteiger partial charge is 0.185 e. The fourth-order valence-electron chi connectivity index (χ4n) is 2.03. The highest BCUT2D eigenvalue weighted by atomic mass is 32.1. The molecule has 1 N–H and O–H groups in total. The molecule has 0 bridgehead atoms. The van der Waals surface area contributed by atoms with Crippen molar-refractivity contribution in [2.75, 3.05) is 25.0 Å². The number of nitrogens with zero attached hydrogens (tertiary/aromatic N) is 2. The molecule has 0 amide bonds. The van der Waals surface area contributed by atoms with Crippen LogP contribution in [0, 0.1) is 11.8 Å². The molecule has 2 atom stereocenters. The Morgan fingerprint density at radius 3 is 3.00 bits per heavy atom. The van der Waals surface area contributed by atoms with Crippen LogP contribution in [0.25, 0.3) is 0 Å². The van der Waals surface area contributed by atoms with Gasteiger partial charge in [0, 0.05) is 25.5 Å². The quantitative estimate of drug-likeness (QED) is 0.757. The van der Waals surface area contributed by atoms with Crippen molar-refractivity contribution in [3.63, 3.8) is 0 Å². The van der Waals surface area contributed by atoms with E-state index in [1.54, 1.807) is 11.3 Å². The van der Waals surface area contributed by atoms with Gasteiger partial charge in [-0.3, -0.25) is 0 Å². The monoisotopic (exact) mass is 253 g/mol. The van der Waals surface area contributed by atoms with Crippen molar-refractivity contribution in [3.05, 3.63) is 11.1 Å².